The number of unbranched alkanes of at least 4 members (excludes halogenated alkanes) is 3. The molecule has 96 valence electrons. The highest BCUT2D eigenvalue weighted by Crippen LogP contribution is 2.18. The lowest BCUT2D eigenvalue weighted by atomic mass is 10.0. The van der Waals surface area contributed by atoms with Crippen LogP contribution in [0.15, 0.2) is 47.3 Å². The third kappa shape index (κ3) is 3.76. The molecule has 0 N–H and O–H groups in total. The molecule has 1 aromatic carbocycles. The van der Waals surface area contributed by atoms with Gasteiger partial charge in [-0.25, -0.2) is 0 Å². The zero-order valence-electron chi connectivity index (χ0n) is 11.2. The summed E-state index contributed by atoms with van der Waals surface area (Å²) in [6.45, 7) is 2.25. The van der Waals surface area contributed by atoms with E-state index in [9.17, 15) is 0 Å². The van der Waals surface area contributed by atoms with E-state index >= 15 is 0 Å². The number of benzene rings is 1. The van der Waals surface area contributed by atoms with Gasteiger partial charge in [0.1, 0.15) is 0 Å². The Morgan fingerprint density at radius 3 is 2.44 bits per heavy atom. The first-order valence-electron chi connectivity index (χ1n) is 6.98. The lowest BCUT2D eigenvalue weighted by Crippen LogP contribution is -1.92. The Morgan fingerprint density at radius 1 is 0.889 bits per heavy atom. The van der Waals surface area contributed by atoms with E-state index in [0.29, 0.717) is 0 Å². The maximum atomic E-state index is 5.37. The zero-order valence-corrected chi connectivity index (χ0v) is 11.2. The van der Waals surface area contributed by atoms with Crippen molar-refractivity contribution in [2.75, 3.05) is 0 Å². The summed E-state index contributed by atoms with van der Waals surface area (Å²) < 4.78 is 5.37. The Bertz CT molecular complexity index is 442. The molecule has 0 radical (unpaired) electrons. The van der Waals surface area contributed by atoms with Crippen LogP contribution in [0.25, 0.3) is 0 Å². The minimum absolute atomic E-state index is 0.987. The summed E-state index contributed by atoms with van der Waals surface area (Å²) in [5, 5.41) is 0. The summed E-state index contributed by atoms with van der Waals surface area (Å²) in [4.78, 5) is 0. The fraction of sp³-hybridized carbons (Fsp3) is 0.412. The molecule has 0 amide bonds. The molecule has 0 atom stereocenters. The molecule has 0 bridgehead atoms. The molecule has 1 heteroatoms. The summed E-state index contributed by atoms with van der Waals surface area (Å²) >= 11 is 0. The van der Waals surface area contributed by atoms with Crippen LogP contribution < -0.4 is 0 Å². The molecule has 1 aromatic heterocycles. The molecule has 0 unspecified atom stereocenters. The van der Waals surface area contributed by atoms with Crippen molar-refractivity contribution in [1.82, 2.24) is 0 Å². The van der Waals surface area contributed by atoms with Gasteiger partial charge in [-0.3, -0.25) is 0 Å². The topological polar surface area (TPSA) is 13.1 Å². The van der Waals surface area contributed by atoms with Crippen LogP contribution in [0, 0.1) is 0 Å². The molecule has 0 saturated carbocycles. The molecule has 0 spiro atoms. The summed E-state index contributed by atoms with van der Waals surface area (Å²) in [5.41, 5.74) is 4.08. The van der Waals surface area contributed by atoms with E-state index < -0.39 is 0 Å². The van der Waals surface area contributed by atoms with Gasteiger partial charge >= 0.3 is 0 Å². The summed E-state index contributed by atoms with van der Waals surface area (Å²) in [6, 6.07) is 10.6. The van der Waals surface area contributed by atoms with Gasteiger partial charge in [0.2, 0.25) is 0 Å². The maximum Gasteiger partial charge on any atom is 0.0940 e. The van der Waals surface area contributed by atoms with Crippen molar-refractivity contribution in [3.8, 4) is 0 Å². The molecule has 0 aliphatic carbocycles. The van der Waals surface area contributed by atoms with Crippen molar-refractivity contribution in [1.29, 1.82) is 0 Å². The van der Waals surface area contributed by atoms with Gasteiger partial charge in [0.25, 0.3) is 0 Å². The van der Waals surface area contributed by atoms with Crippen LogP contribution in [0.2, 0.25) is 0 Å². The molecule has 18 heavy (non-hydrogen) atoms. The standard InChI is InChI=1S/C17H22O/c1-2-3-4-8-11-16-13-18-14-17(16)12-15-9-6-5-7-10-15/h5-7,9-10,13-14H,2-4,8,11-12H2,1H3. The smallest absolute Gasteiger partial charge is 0.0940 e. The summed E-state index contributed by atoms with van der Waals surface area (Å²) in [6.07, 6.45) is 11.2. The highest BCUT2D eigenvalue weighted by Gasteiger charge is 2.06. The SMILES string of the molecule is CCCCCCc1cocc1Cc1ccccc1. The Kier molecular flexibility index (Phi) is 5.07. The lowest BCUT2D eigenvalue weighted by Gasteiger charge is -2.03. The van der Waals surface area contributed by atoms with Gasteiger partial charge in [-0.05, 0) is 29.5 Å². The quantitative estimate of drug-likeness (QED) is 0.623. The molecule has 0 aliphatic heterocycles. The second-order valence-electron chi connectivity index (χ2n) is 4.90. The van der Waals surface area contributed by atoms with E-state index in [1.807, 2.05) is 12.5 Å². The minimum Gasteiger partial charge on any atom is -0.472 e. The second kappa shape index (κ2) is 7.05. The van der Waals surface area contributed by atoms with Crippen LogP contribution in [-0.4, -0.2) is 0 Å². The van der Waals surface area contributed by atoms with E-state index in [1.165, 1.54) is 42.4 Å². The molecular formula is C17H22O. The third-order valence-electron chi connectivity index (χ3n) is 3.37. The highest BCUT2D eigenvalue weighted by molar-refractivity contribution is 5.29. The van der Waals surface area contributed by atoms with Crippen molar-refractivity contribution >= 4 is 0 Å². The number of furan rings is 1. The Labute approximate surface area is 110 Å². The average molecular weight is 242 g/mol. The van der Waals surface area contributed by atoms with Gasteiger partial charge in [0.05, 0.1) is 12.5 Å². The van der Waals surface area contributed by atoms with Crippen molar-refractivity contribution < 1.29 is 4.42 Å². The molecule has 2 rings (SSSR count). The first-order chi connectivity index (χ1) is 8.90. The van der Waals surface area contributed by atoms with Gasteiger partial charge in [0.15, 0.2) is 0 Å². The van der Waals surface area contributed by atoms with Gasteiger partial charge < -0.3 is 4.42 Å². The van der Waals surface area contributed by atoms with Gasteiger partial charge in [-0.15, -0.1) is 0 Å². The molecule has 1 nitrogen and oxygen atoms in total. The van der Waals surface area contributed by atoms with E-state index in [1.54, 1.807) is 0 Å². The number of rotatable bonds is 7. The van der Waals surface area contributed by atoms with E-state index in [2.05, 4.69) is 37.3 Å². The monoisotopic (exact) mass is 242 g/mol. The molecule has 0 fully saturated rings. The normalized spacial score (nSPS) is 10.7. The minimum atomic E-state index is 0.987. The van der Waals surface area contributed by atoms with E-state index in [-0.39, 0.29) is 0 Å². The lowest BCUT2D eigenvalue weighted by molar-refractivity contribution is 0.560. The Hall–Kier alpha value is -1.50. The second-order valence-corrected chi connectivity index (χ2v) is 4.90. The molecule has 2 aromatic rings. The van der Waals surface area contributed by atoms with Crippen molar-refractivity contribution in [3.63, 3.8) is 0 Å². The third-order valence-corrected chi connectivity index (χ3v) is 3.37. The fourth-order valence-electron chi connectivity index (χ4n) is 2.28. The number of hydrogen-bond donors (Lipinski definition) is 0. The number of aryl methyl sites for hydroxylation is 1. The van der Waals surface area contributed by atoms with Gasteiger partial charge in [0, 0.05) is 6.42 Å². The first kappa shape index (κ1) is 12.9. The Balaban J connectivity index is 1.91. The average Bonchev–Trinajstić information content (AvgIpc) is 2.83. The van der Waals surface area contributed by atoms with Crippen molar-refractivity contribution in [2.45, 2.75) is 45.4 Å². The molecule has 1 heterocycles. The largest absolute Gasteiger partial charge is 0.472 e. The van der Waals surface area contributed by atoms with Crippen LogP contribution in [-0.2, 0) is 12.8 Å². The van der Waals surface area contributed by atoms with E-state index in [4.69, 9.17) is 4.42 Å². The summed E-state index contributed by atoms with van der Waals surface area (Å²) in [7, 11) is 0. The number of hydrogen-bond acceptors (Lipinski definition) is 1. The fourth-order valence-corrected chi connectivity index (χ4v) is 2.28. The van der Waals surface area contributed by atoms with Crippen molar-refractivity contribution in [3.05, 3.63) is 59.5 Å². The van der Waals surface area contributed by atoms with Crippen LogP contribution >= 0.6 is 0 Å². The molecular weight excluding hydrogens is 220 g/mol. The predicted molar refractivity (Wildman–Crippen MR) is 75.8 cm³/mol. The highest BCUT2D eigenvalue weighted by atomic mass is 16.3. The zero-order chi connectivity index (χ0) is 12.6. The first-order valence-corrected chi connectivity index (χ1v) is 6.98. The molecule has 0 saturated heterocycles. The Morgan fingerprint density at radius 2 is 1.67 bits per heavy atom. The van der Waals surface area contributed by atoms with Gasteiger partial charge in [-0.1, -0.05) is 56.5 Å². The summed E-state index contributed by atoms with van der Waals surface area (Å²) in [5.74, 6) is 0. The maximum absolute atomic E-state index is 5.37. The van der Waals surface area contributed by atoms with Crippen molar-refractivity contribution in [2.24, 2.45) is 0 Å². The van der Waals surface area contributed by atoms with Crippen LogP contribution in [0.4, 0.5) is 0 Å². The van der Waals surface area contributed by atoms with Crippen LogP contribution in [0.3, 0.4) is 0 Å². The predicted octanol–water partition coefficient (Wildman–Crippen LogP) is 4.99. The van der Waals surface area contributed by atoms with Crippen LogP contribution in [0.1, 0.15) is 49.3 Å². The van der Waals surface area contributed by atoms with Crippen LogP contribution in [0.5, 0.6) is 0 Å². The van der Waals surface area contributed by atoms with E-state index in [0.717, 1.165) is 12.8 Å². The van der Waals surface area contributed by atoms with Gasteiger partial charge in [-0.2, -0.15) is 0 Å². The molecule has 0 aliphatic rings.